The molecular formula is C17H22N4OS. The Balaban J connectivity index is 1.26. The second kappa shape index (κ2) is 6.45. The van der Waals surface area contributed by atoms with E-state index in [4.69, 9.17) is 4.98 Å². The number of anilines is 1. The summed E-state index contributed by atoms with van der Waals surface area (Å²) in [6, 6.07) is 8.32. The second-order valence-corrected chi connectivity index (χ2v) is 7.37. The summed E-state index contributed by atoms with van der Waals surface area (Å²) >= 11 is 1.78. The number of hydrogen-bond donors (Lipinski definition) is 1. The maximum absolute atomic E-state index is 11.6. The Hall–Kier alpha value is -1.66. The lowest BCUT2D eigenvalue weighted by Gasteiger charge is -2.34. The summed E-state index contributed by atoms with van der Waals surface area (Å²) in [5, 5.41) is 4.18. The quantitative estimate of drug-likeness (QED) is 0.910. The van der Waals surface area contributed by atoms with Crippen LogP contribution in [0, 0.1) is 5.92 Å². The Morgan fingerprint density at radius 2 is 2.00 bits per heavy atom. The number of amides is 1. The van der Waals surface area contributed by atoms with Crippen LogP contribution in [0.3, 0.4) is 0 Å². The number of nitrogens with one attached hydrogen (secondary N) is 1. The number of rotatable bonds is 5. The van der Waals surface area contributed by atoms with Crippen LogP contribution in [0.25, 0.3) is 10.2 Å². The van der Waals surface area contributed by atoms with Crippen molar-refractivity contribution in [3.05, 3.63) is 24.3 Å². The molecule has 1 amide bonds. The summed E-state index contributed by atoms with van der Waals surface area (Å²) in [6.45, 7) is 5.82. The number of benzene rings is 1. The lowest BCUT2D eigenvalue weighted by atomic mass is 10.3. The maximum Gasteiger partial charge on any atom is 0.223 e. The number of fused-ring (bicyclic) bond motifs is 1. The Kier molecular flexibility index (Phi) is 4.18. The second-order valence-electron chi connectivity index (χ2n) is 6.36. The number of piperazine rings is 1. The molecule has 122 valence electrons. The zero-order chi connectivity index (χ0) is 15.6. The fourth-order valence-electron chi connectivity index (χ4n) is 2.99. The molecule has 2 aliphatic rings. The van der Waals surface area contributed by atoms with Crippen LogP contribution in [-0.4, -0.2) is 55.1 Å². The van der Waals surface area contributed by atoms with Crippen LogP contribution in [-0.2, 0) is 4.79 Å². The van der Waals surface area contributed by atoms with Crippen molar-refractivity contribution in [3.63, 3.8) is 0 Å². The van der Waals surface area contributed by atoms with Crippen molar-refractivity contribution in [3.8, 4) is 0 Å². The van der Waals surface area contributed by atoms with Crippen molar-refractivity contribution in [1.29, 1.82) is 0 Å². The number of carbonyl (C=O) groups is 1. The molecule has 1 saturated heterocycles. The van der Waals surface area contributed by atoms with Gasteiger partial charge in [0, 0.05) is 45.2 Å². The van der Waals surface area contributed by atoms with E-state index in [0.717, 1.165) is 62.8 Å². The number of aromatic nitrogens is 1. The first-order valence-corrected chi connectivity index (χ1v) is 9.22. The summed E-state index contributed by atoms with van der Waals surface area (Å²) in [7, 11) is 0. The van der Waals surface area contributed by atoms with Crippen molar-refractivity contribution < 1.29 is 4.79 Å². The number of para-hydroxylation sites is 1. The normalized spacial score (nSPS) is 19.2. The monoisotopic (exact) mass is 330 g/mol. The molecule has 1 aromatic carbocycles. The summed E-state index contributed by atoms with van der Waals surface area (Å²) in [6.07, 6.45) is 2.15. The molecule has 0 unspecified atom stereocenters. The van der Waals surface area contributed by atoms with Crippen molar-refractivity contribution in [2.24, 2.45) is 5.92 Å². The number of hydrogen-bond acceptors (Lipinski definition) is 5. The Morgan fingerprint density at radius 3 is 2.74 bits per heavy atom. The SMILES string of the molecule is O=C(NCCN1CCN(c2nc3ccccc3s2)CC1)C1CC1. The molecule has 2 fully saturated rings. The highest BCUT2D eigenvalue weighted by Gasteiger charge is 2.29. The molecule has 2 aromatic rings. The van der Waals surface area contributed by atoms with Gasteiger partial charge in [-0.15, -0.1) is 0 Å². The highest BCUT2D eigenvalue weighted by Crippen LogP contribution is 2.29. The fraction of sp³-hybridized carbons (Fsp3) is 0.529. The molecule has 1 aliphatic heterocycles. The minimum atomic E-state index is 0.248. The van der Waals surface area contributed by atoms with E-state index in [1.165, 1.54) is 4.70 Å². The number of carbonyl (C=O) groups excluding carboxylic acids is 1. The third-order valence-corrected chi connectivity index (χ3v) is 5.70. The maximum atomic E-state index is 11.6. The minimum Gasteiger partial charge on any atom is -0.355 e. The Morgan fingerprint density at radius 1 is 1.22 bits per heavy atom. The number of thiazole rings is 1. The molecule has 0 atom stereocenters. The average molecular weight is 330 g/mol. The van der Waals surface area contributed by atoms with Gasteiger partial charge in [0.25, 0.3) is 0 Å². The molecular weight excluding hydrogens is 308 g/mol. The van der Waals surface area contributed by atoms with E-state index in [1.54, 1.807) is 11.3 Å². The first kappa shape index (κ1) is 14.9. The van der Waals surface area contributed by atoms with E-state index in [9.17, 15) is 4.79 Å². The van der Waals surface area contributed by atoms with Crippen LogP contribution in [0.5, 0.6) is 0 Å². The third kappa shape index (κ3) is 3.48. The van der Waals surface area contributed by atoms with Gasteiger partial charge in [-0.2, -0.15) is 0 Å². The van der Waals surface area contributed by atoms with Crippen LogP contribution in [0.1, 0.15) is 12.8 Å². The Labute approximate surface area is 140 Å². The summed E-state index contributed by atoms with van der Waals surface area (Å²) in [5.41, 5.74) is 1.10. The Bertz CT molecular complexity index is 656. The third-order valence-electron chi connectivity index (χ3n) is 4.60. The molecule has 0 spiro atoms. The van der Waals surface area contributed by atoms with Crippen LogP contribution >= 0.6 is 11.3 Å². The zero-order valence-corrected chi connectivity index (χ0v) is 14.0. The molecule has 0 bridgehead atoms. The first-order chi connectivity index (χ1) is 11.3. The van der Waals surface area contributed by atoms with Gasteiger partial charge in [0.1, 0.15) is 0 Å². The fourth-order valence-corrected chi connectivity index (χ4v) is 4.00. The molecule has 6 heteroatoms. The molecule has 2 heterocycles. The smallest absolute Gasteiger partial charge is 0.223 e. The highest BCUT2D eigenvalue weighted by atomic mass is 32.1. The van der Waals surface area contributed by atoms with Crippen LogP contribution in [0.4, 0.5) is 5.13 Å². The van der Waals surface area contributed by atoms with Crippen molar-refractivity contribution >= 4 is 32.6 Å². The summed E-state index contributed by atoms with van der Waals surface area (Å²) in [4.78, 5) is 21.2. The molecule has 1 saturated carbocycles. The minimum absolute atomic E-state index is 0.248. The molecule has 1 aromatic heterocycles. The van der Waals surface area contributed by atoms with Crippen LogP contribution in [0.15, 0.2) is 24.3 Å². The lowest BCUT2D eigenvalue weighted by molar-refractivity contribution is -0.122. The molecule has 1 aliphatic carbocycles. The van der Waals surface area contributed by atoms with Gasteiger partial charge in [-0.3, -0.25) is 9.69 Å². The van der Waals surface area contributed by atoms with Crippen molar-refractivity contribution in [2.45, 2.75) is 12.8 Å². The topological polar surface area (TPSA) is 48.5 Å². The molecule has 1 N–H and O–H groups in total. The molecule has 23 heavy (non-hydrogen) atoms. The van der Waals surface area contributed by atoms with Gasteiger partial charge in [0.05, 0.1) is 10.2 Å². The van der Waals surface area contributed by atoms with E-state index in [-0.39, 0.29) is 5.91 Å². The molecule has 5 nitrogen and oxygen atoms in total. The van der Waals surface area contributed by atoms with Crippen LogP contribution < -0.4 is 10.2 Å². The zero-order valence-electron chi connectivity index (χ0n) is 13.2. The van der Waals surface area contributed by atoms with Crippen molar-refractivity contribution in [2.75, 3.05) is 44.2 Å². The van der Waals surface area contributed by atoms with E-state index in [0.29, 0.717) is 5.92 Å². The van der Waals surface area contributed by atoms with Gasteiger partial charge in [-0.25, -0.2) is 4.98 Å². The summed E-state index contributed by atoms with van der Waals surface area (Å²) in [5.74, 6) is 0.559. The van der Waals surface area contributed by atoms with E-state index >= 15 is 0 Å². The molecule has 4 rings (SSSR count). The van der Waals surface area contributed by atoms with E-state index in [2.05, 4.69) is 33.3 Å². The first-order valence-electron chi connectivity index (χ1n) is 8.40. The van der Waals surface area contributed by atoms with Gasteiger partial charge in [-0.05, 0) is 25.0 Å². The average Bonchev–Trinajstić information content (AvgIpc) is 3.34. The van der Waals surface area contributed by atoms with Gasteiger partial charge < -0.3 is 10.2 Å². The van der Waals surface area contributed by atoms with Crippen LogP contribution in [0.2, 0.25) is 0 Å². The largest absolute Gasteiger partial charge is 0.355 e. The summed E-state index contributed by atoms with van der Waals surface area (Å²) < 4.78 is 1.26. The standard InChI is InChI=1S/C17H22N4OS/c22-16(13-5-6-13)18-7-8-20-9-11-21(12-10-20)17-19-14-3-1-2-4-15(14)23-17/h1-4,13H,5-12H2,(H,18,22). The highest BCUT2D eigenvalue weighted by molar-refractivity contribution is 7.22. The van der Waals surface area contributed by atoms with E-state index in [1.807, 2.05) is 6.07 Å². The van der Waals surface area contributed by atoms with Gasteiger partial charge >= 0.3 is 0 Å². The number of nitrogens with zero attached hydrogens (tertiary/aromatic N) is 3. The van der Waals surface area contributed by atoms with Crippen molar-refractivity contribution in [1.82, 2.24) is 15.2 Å². The van der Waals surface area contributed by atoms with Gasteiger partial charge in [-0.1, -0.05) is 23.5 Å². The molecule has 0 radical (unpaired) electrons. The van der Waals surface area contributed by atoms with Gasteiger partial charge in [0.15, 0.2) is 5.13 Å². The predicted molar refractivity (Wildman–Crippen MR) is 94.0 cm³/mol. The van der Waals surface area contributed by atoms with Gasteiger partial charge in [0.2, 0.25) is 5.91 Å². The lowest BCUT2D eigenvalue weighted by Crippen LogP contribution is -2.48. The van der Waals surface area contributed by atoms with E-state index < -0.39 is 0 Å². The predicted octanol–water partition coefficient (Wildman–Crippen LogP) is 1.94.